The highest BCUT2D eigenvalue weighted by Gasteiger charge is 2.30. The molecule has 2 aliphatic heterocycles. The normalized spacial score (nSPS) is 19.6. The van der Waals surface area contributed by atoms with E-state index in [-0.39, 0.29) is 12.7 Å². The maximum absolute atomic E-state index is 5.76. The number of rotatable bonds is 5. The molecule has 3 aliphatic rings. The minimum Gasteiger partial charge on any atom is -0.378 e. The minimum absolute atomic E-state index is 0.211. The lowest BCUT2D eigenvalue weighted by molar-refractivity contribution is -0.104. The highest BCUT2D eigenvalue weighted by Crippen LogP contribution is 2.36. The average Bonchev–Trinajstić information content (AvgIpc) is 3.60. The Morgan fingerprint density at radius 2 is 1.75 bits per heavy atom. The van der Waals surface area contributed by atoms with Gasteiger partial charge in [-0.1, -0.05) is 0 Å². The summed E-state index contributed by atoms with van der Waals surface area (Å²) in [6.45, 7) is 5.01. The smallest absolute Gasteiger partial charge is 0.232 e. The van der Waals surface area contributed by atoms with Crippen molar-refractivity contribution in [2.45, 2.75) is 19.4 Å². The van der Waals surface area contributed by atoms with Crippen molar-refractivity contribution in [3.63, 3.8) is 0 Å². The van der Waals surface area contributed by atoms with Crippen LogP contribution in [0.15, 0.2) is 12.4 Å². The standard InChI is InChI=1S/C20H25N9O3/c21-19-22-9-14(10-23-19)16-25-17(27-3-6-30-7-4-27)15-18(26-16)28(11-13-1-2-13)20(24-15)29-5-8-31-12-32-29/h9-10,13H,1-8,11-12H2,(H2,21,22,23). The monoisotopic (exact) mass is 439 g/mol. The Bertz CT molecular complexity index is 1100. The van der Waals surface area contributed by atoms with Crippen molar-refractivity contribution < 1.29 is 14.3 Å². The summed E-state index contributed by atoms with van der Waals surface area (Å²) >= 11 is 0. The highest BCUT2D eigenvalue weighted by atomic mass is 16.8. The third-order valence-corrected chi connectivity index (χ3v) is 5.89. The van der Waals surface area contributed by atoms with E-state index in [9.17, 15) is 0 Å². The van der Waals surface area contributed by atoms with Crippen LogP contribution < -0.4 is 15.7 Å². The predicted octanol–water partition coefficient (Wildman–Crippen LogP) is 0.838. The lowest BCUT2D eigenvalue weighted by Crippen LogP contribution is -2.37. The maximum Gasteiger partial charge on any atom is 0.232 e. The zero-order valence-corrected chi connectivity index (χ0v) is 17.7. The van der Waals surface area contributed by atoms with E-state index >= 15 is 0 Å². The first-order valence-electron chi connectivity index (χ1n) is 10.9. The van der Waals surface area contributed by atoms with E-state index in [4.69, 9.17) is 35.0 Å². The molecule has 12 nitrogen and oxygen atoms in total. The van der Waals surface area contributed by atoms with Crippen LogP contribution in [0.2, 0.25) is 0 Å². The number of morpholine rings is 1. The molecule has 3 aromatic heterocycles. The van der Waals surface area contributed by atoms with Crippen molar-refractivity contribution in [2.24, 2.45) is 5.92 Å². The minimum atomic E-state index is 0.211. The van der Waals surface area contributed by atoms with Gasteiger partial charge in [-0.25, -0.2) is 34.8 Å². The van der Waals surface area contributed by atoms with Gasteiger partial charge in [-0.2, -0.15) is 0 Å². The van der Waals surface area contributed by atoms with Gasteiger partial charge in [0.15, 0.2) is 29.6 Å². The van der Waals surface area contributed by atoms with E-state index in [1.807, 2.05) is 5.06 Å². The molecule has 12 heteroatoms. The molecule has 2 saturated heterocycles. The average molecular weight is 439 g/mol. The zero-order chi connectivity index (χ0) is 21.5. The summed E-state index contributed by atoms with van der Waals surface area (Å²) in [5.74, 6) is 2.91. The van der Waals surface area contributed by atoms with Crippen molar-refractivity contribution in [2.75, 3.05) is 61.9 Å². The fraction of sp³-hybridized carbons (Fsp3) is 0.550. The molecule has 1 saturated carbocycles. The van der Waals surface area contributed by atoms with Crippen molar-refractivity contribution in [3.8, 4) is 11.4 Å². The van der Waals surface area contributed by atoms with Crippen LogP contribution in [0, 0.1) is 5.92 Å². The quantitative estimate of drug-likeness (QED) is 0.607. The summed E-state index contributed by atoms with van der Waals surface area (Å²) < 4.78 is 13.1. The SMILES string of the molecule is Nc1ncc(-c2nc(N3CCOCC3)c3nc(N4CCOCO4)n(CC4CC4)c3n2)cn1. The van der Waals surface area contributed by atoms with Crippen LogP contribution in [0.5, 0.6) is 0 Å². The summed E-state index contributed by atoms with van der Waals surface area (Å²) in [4.78, 5) is 31.0. The first kappa shape index (κ1) is 19.6. The van der Waals surface area contributed by atoms with Crippen molar-refractivity contribution in [1.82, 2.24) is 29.5 Å². The molecule has 0 atom stereocenters. The highest BCUT2D eigenvalue weighted by molar-refractivity contribution is 5.88. The first-order valence-corrected chi connectivity index (χ1v) is 10.9. The summed E-state index contributed by atoms with van der Waals surface area (Å²) in [7, 11) is 0. The van der Waals surface area contributed by atoms with Crippen LogP contribution in [0.4, 0.5) is 17.7 Å². The third kappa shape index (κ3) is 3.70. The van der Waals surface area contributed by atoms with Crippen LogP contribution in [0.3, 0.4) is 0 Å². The maximum atomic E-state index is 5.76. The molecule has 32 heavy (non-hydrogen) atoms. The number of ether oxygens (including phenoxy) is 2. The molecule has 6 rings (SSSR count). The second-order valence-corrected chi connectivity index (χ2v) is 8.20. The number of imidazole rings is 1. The van der Waals surface area contributed by atoms with Crippen LogP contribution in [-0.4, -0.2) is 75.7 Å². The molecule has 0 radical (unpaired) electrons. The molecule has 2 N–H and O–H groups in total. The zero-order valence-electron chi connectivity index (χ0n) is 17.7. The van der Waals surface area contributed by atoms with Gasteiger partial charge in [0.05, 0.1) is 31.9 Å². The molecular formula is C20H25N9O3. The summed E-state index contributed by atoms with van der Waals surface area (Å²) in [5, 5.41) is 1.81. The largest absolute Gasteiger partial charge is 0.378 e. The second-order valence-electron chi connectivity index (χ2n) is 8.20. The Kier molecular flexibility index (Phi) is 4.97. The molecule has 0 spiro atoms. The van der Waals surface area contributed by atoms with Gasteiger partial charge in [0.1, 0.15) is 0 Å². The Labute approximate surface area is 184 Å². The second kappa shape index (κ2) is 8.11. The molecule has 0 bridgehead atoms. The summed E-state index contributed by atoms with van der Waals surface area (Å²) in [5.41, 5.74) is 7.94. The van der Waals surface area contributed by atoms with E-state index < -0.39 is 0 Å². The van der Waals surface area contributed by atoms with E-state index in [0.29, 0.717) is 43.7 Å². The topological polar surface area (TPSA) is 130 Å². The summed E-state index contributed by atoms with van der Waals surface area (Å²) in [6.07, 6.45) is 5.73. The van der Waals surface area contributed by atoms with Gasteiger partial charge in [-0.3, -0.25) is 4.57 Å². The van der Waals surface area contributed by atoms with Gasteiger partial charge >= 0.3 is 0 Å². The van der Waals surface area contributed by atoms with Gasteiger partial charge in [-0.05, 0) is 18.8 Å². The van der Waals surface area contributed by atoms with E-state index in [2.05, 4.69) is 19.4 Å². The molecule has 1 aliphatic carbocycles. The molecule has 5 heterocycles. The number of nitrogens with two attached hydrogens (primary N) is 1. The lowest BCUT2D eigenvalue weighted by atomic mass is 10.3. The molecule has 0 aromatic carbocycles. The first-order chi connectivity index (χ1) is 15.8. The van der Waals surface area contributed by atoms with Gasteiger partial charge in [0.2, 0.25) is 11.9 Å². The van der Waals surface area contributed by atoms with Gasteiger partial charge < -0.3 is 20.1 Å². The Morgan fingerprint density at radius 1 is 0.969 bits per heavy atom. The number of hydrogen-bond acceptors (Lipinski definition) is 11. The molecule has 168 valence electrons. The lowest BCUT2D eigenvalue weighted by Gasteiger charge is -2.28. The fourth-order valence-corrected chi connectivity index (χ4v) is 4.00. The number of hydrogen-bond donors (Lipinski definition) is 1. The number of nitrogens with zero attached hydrogens (tertiary/aromatic N) is 8. The van der Waals surface area contributed by atoms with E-state index in [1.54, 1.807) is 12.4 Å². The van der Waals surface area contributed by atoms with Gasteiger partial charge in [-0.15, -0.1) is 0 Å². The molecule has 0 unspecified atom stereocenters. The van der Waals surface area contributed by atoms with Crippen LogP contribution >= 0.6 is 0 Å². The van der Waals surface area contributed by atoms with Crippen LogP contribution in [-0.2, 0) is 20.9 Å². The number of anilines is 3. The molecular weight excluding hydrogens is 414 g/mol. The van der Waals surface area contributed by atoms with Crippen molar-refractivity contribution >= 4 is 28.9 Å². The van der Waals surface area contributed by atoms with Crippen LogP contribution in [0.1, 0.15) is 12.8 Å². The number of aromatic nitrogens is 6. The Morgan fingerprint density at radius 3 is 2.47 bits per heavy atom. The Hall–Kier alpha value is -3.09. The fourth-order valence-electron chi connectivity index (χ4n) is 4.00. The number of hydroxylamine groups is 1. The van der Waals surface area contributed by atoms with Gasteiger partial charge in [0, 0.05) is 32.0 Å². The number of fused-ring (bicyclic) bond motifs is 1. The molecule has 0 amide bonds. The Balaban J connectivity index is 1.53. The summed E-state index contributed by atoms with van der Waals surface area (Å²) in [6, 6.07) is 0. The van der Waals surface area contributed by atoms with Gasteiger partial charge in [0.25, 0.3) is 0 Å². The number of nitrogen functional groups attached to an aromatic ring is 1. The van der Waals surface area contributed by atoms with Crippen LogP contribution in [0.25, 0.3) is 22.6 Å². The van der Waals surface area contributed by atoms with Crippen molar-refractivity contribution in [3.05, 3.63) is 12.4 Å². The molecule has 3 aromatic rings. The van der Waals surface area contributed by atoms with E-state index in [0.717, 1.165) is 42.6 Å². The molecule has 3 fully saturated rings. The van der Waals surface area contributed by atoms with Crippen molar-refractivity contribution in [1.29, 1.82) is 0 Å². The van der Waals surface area contributed by atoms with E-state index in [1.165, 1.54) is 12.8 Å². The third-order valence-electron chi connectivity index (χ3n) is 5.89. The predicted molar refractivity (Wildman–Crippen MR) is 116 cm³/mol.